The lowest BCUT2D eigenvalue weighted by molar-refractivity contribution is 0.0735. The van der Waals surface area contributed by atoms with Gasteiger partial charge in [-0.2, -0.15) is 5.10 Å². The number of hydrogen-bond donors (Lipinski definition) is 1. The van der Waals surface area contributed by atoms with Crippen molar-refractivity contribution in [2.45, 2.75) is 20.3 Å². The van der Waals surface area contributed by atoms with Gasteiger partial charge in [-0.15, -0.1) is 0 Å². The number of carbonyl (C=O) groups excluding carboxylic acids is 1. The smallest absolute Gasteiger partial charge is 0.272 e. The third-order valence-electron chi connectivity index (χ3n) is 4.53. The summed E-state index contributed by atoms with van der Waals surface area (Å²) in [6, 6.07) is 9.17. The van der Waals surface area contributed by atoms with E-state index in [9.17, 15) is 9.90 Å². The molecule has 0 spiro atoms. The number of phenols is 1. The van der Waals surface area contributed by atoms with Gasteiger partial charge < -0.3 is 14.9 Å². The van der Waals surface area contributed by atoms with Gasteiger partial charge in [0.1, 0.15) is 11.4 Å². The highest BCUT2D eigenvalue weighted by Gasteiger charge is 2.25. The van der Waals surface area contributed by atoms with Crippen molar-refractivity contribution in [3.63, 3.8) is 0 Å². The Balaban J connectivity index is 1.64. The van der Waals surface area contributed by atoms with Crippen LogP contribution in [-0.2, 0) is 13.5 Å². The molecule has 0 saturated carbocycles. The molecular weight excluding hydrogens is 316 g/mol. The Hall–Kier alpha value is -2.50. The van der Waals surface area contributed by atoms with Gasteiger partial charge in [0.05, 0.1) is 5.69 Å². The molecule has 1 N–H and O–H groups in total. The number of rotatable bonds is 4. The number of anilines is 1. The Morgan fingerprint density at radius 3 is 2.56 bits per heavy atom. The van der Waals surface area contributed by atoms with Gasteiger partial charge in [0.25, 0.3) is 5.91 Å². The molecule has 3 rings (SSSR count). The maximum atomic E-state index is 12.8. The van der Waals surface area contributed by atoms with Gasteiger partial charge in [0.2, 0.25) is 0 Å². The summed E-state index contributed by atoms with van der Waals surface area (Å²) in [5, 5.41) is 14.1. The summed E-state index contributed by atoms with van der Waals surface area (Å²) in [6.45, 7) is 7.14. The van der Waals surface area contributed by atoms with Crippen LogP contribution in [0.15, 0.2) is 30.3 Å². The molecular formula is C19H26N4O2. The third kappa shape index (κ3) is 3.95. The first-order valence-electron chi connectivity index (χ1n) is 8.80. The van der Waals surface area contributed by atoms with Gasteiger partial charge in [0, 0.05) is 45.0 Å². The van der Waals surface area contributed by atoms with Gasteiger partial charge in [-0.05, 0) is 30.5 Å². The molecule has 2 aromatic rings. The summed E-state index contributed by atoms with van der Waals surface area (Å²) < 4.78 is 1.70. The maximum absolute atomic E-state index is 12.8. The average molecular weight is 342 g/mol. The van der Waals surface area contributed by atoms with E-state index in [1.807, 2.05) is 30.1 Å². The van der Waals surface area contributed by atoms with Crippen LogP contribution in [0.2, 0.25) is 0 Å². The summed E-state index contributed by atoms with van der Waals surface area (Å²) in [6.07, 6.45) is 0.881. The lowest BCUT2D eigenvalue weighted by atomic mass is 10.1. The molecule has 1 saturated heterocycles. The van der Waals surface area contributed by atoms with E-state index in [0.717, 1.165) is 30.9 Å². The highest BCUT2D eigenvalue weighted by molar-refractivity contribution is 5.92. The van der Waals surface area contributed by atoms with E-state index in [2.05, 4.69) is 23.8 Å². The van der Waals surface area contributed by atoms with E-state index in [1.165, 1.54) is 0 Å². The molecule has 0 radical (unpaired) electrons. The lowest BCUT2D eigenvalue weighted by Gasteiger charge is -2.36. The van der Waals surface area contributed by atoms with Gasteiger partial charge in [0.15, 0.2) is 0 Å². The first-order valence-corrected chi connectivity index (χ1v) is 8.80. The number of carbonyl (C=O) groups is 1. The lowest BCUT2D eigenvalue weighted by Crippen LogP contribution is -2.49. The number of piperazine rings is 1. The number of phenolic OH excluding ortho intramolecular Hbond substituents is 1. The van der Waals surface area contributed by atoms with Crippen molar-refractivity contribution in [2.24, 2.45) is 13.0 Å². The zero-order chi connectivity index (χ0) is 18.0. The number of nitrogens with zero attached hydrogens (tertiary/aromatic N) is 4. The fourth-order valence-corrected chi connectivity index (χ4v) is 3.26. The van der Waals surface area contributed by atoms with Crippen LogP contribution < -0.4 is 4.90 Å². The van der Waals surface area contributed by atoms with Crippen LogP contribution in [0, 0.1) is 5.92 Å². The summed E-state index contributed by atoms with van der Waals surface area (Å²) in [5.74, 6) is 0.827. The molecule has 1 fully saturated rings. The molecule has 0 bridgehead atoms. The second-order valence-corrected chi connectivity index (χ2v) is 7.04. The summed E-state index contributed by atoms with van der Waals surface area (Å²) in [5.41, 5.74) is 2.62. The monoisotopic (exact) mass is 342 g/mol. The number of aryl methyl sites for hydroxylation is 1. The molecule has 25 heavy (non-hydrogen) atoms. The number of aromatic hydroxyl groups is 1. The molecule has 6 nitrogen and oxygen atoms in total. The van der Waals surface area contributed by atoms with Gasteiger partial charge in [-0.1, -0.05) is 19.9 Å². The second-order valence-electron chi connectivity index (χ2n) is 7.04. The second kappa shape index (κ2) is 7.17. The third-order valence-corrected chi connectivity index (χ3v) is 4.53. The van der Waals surface area contributed by atoms with Crippen LogP contribution >= 0.6 is 0 Å². The summed E-state index contributed by atoms with van der Waals surface area (Å²) >= 11 is 0. The standard InChI is InChI=1S/C19H26N4O2/c1-14(2)11-15-12-18(21(3)20-15)19(25)23-9-7-22(8-10-23)16-5-4-6-17(24)13-16/h4-6,12-14,24H,7-11H2,1-3H3. The van der Waals surface area contributed by atoms with Gasteiger partial charge >= 0.3 is 0 Å². The van der Waals surface area contributed by atoms with Crippen molar-refractivity contribution in [2.75, 3.05) is 31.1 Å². The van der Waals surface area contributed by atoms with E-state index < -0.39 is 0 Å². The Morgan fingerprint density at radius 1 is 1.20 bits per heavy atom. The van der Waals surface area contributed by atoms with Crippen LogP contribution in [0.4, 0.5) is 5.69 Å². The quantitative estimate of drug-likeness (QED) is 0.926. The Labute approximate surface area is 148 Å². The molecule has 2 heterocycles. The first-order chi connectivity index (χ1) is 11.9. The number of hydrogen-bond acceptors (Lipinski definition) is 4. The normalized spacial score (nSPS) is 15.0. The molecule has 0 unspecified atom stereocenters. The van der Waals surface area contributed by atoms with Crippen molar-refractivity contribution in [3.8, 4) is 5.75 Å². The van der Waals surface area contributed by atoms with Crippen molar-refractivity contribution < 1.29 is 9.90 Å². The van der Waals surface area contributed by atoms with E-state index in [0.29, 0.717) is 24.7 Å². The molecule has 1 aliphatic rings. The van der Waals surface area contributed by atoms with Crippen LogP contribution in [-0.4, -0.2) is 51.9 Å². The summed E-state index contributed by atoms with van der Waals surface area (Å²) in [4.78, 5) is 16.9. The highest BCUT2D eigenvalue weighted by atomic mass is 16.3. The van der Waals surface area contributed by atoms with Crippen LogP contribution in [0.5, 0.6) is 5.75 Å². The van der Waals surface area contributed by atoms with Crippen LogP contribution in [0.25, 0.3) is 0 Å². The number of aromatic nitrogens is 2. The highest BCUT2D eigenvalue weighted by Crippen LogP contribution is 2.22. The molecule has 134 valence electrons. The van der Waals surface area contributed by atoms with Crippen LogP contribution in [0.1, 0.15) is 30.0 Å². The molecule has 0 atom stereocenters. The predicted molar refractivity (Wildman–Crippen MR) is 98.0 cm³/mol. The fourth-order valence-electron chi connectivity index (χ4n) is 3.26. The largest absolute Gasteiger partial charge is 0.508 e. The minimum absolute atomic E-state index is 0.0422. The maximum Gasteiger partial charge on any atom is 0.272 e. The topological polar surface area (TPSA) is 61.6 Å². The predicted octanol–water partition coefficient (Wildman–Crippen LogP) is 2.29. The zero-order valence-corrected chi connectivity index (χ0v) is 15.1. The molecule has 0 aliphatic carbocycles. The molecule has 1 aromatic carbocycles. The van der Waals surface area contributed by atoms with Crippen molar-refractivity contribution in [1.82, 2.24) is 14.7 Å². The number of benzene rings is 1. The Bertz CT molecular complexity index is 746. The molecule has 1 amide bonds. The molecule has 1 aromatic heterocycles. The van der Waals surface area contributed by atoms with Crippen molar-refractivity contribution in [3.05, 3.63) is 41.7 Å². The minimum atomic E-state index is 0.0422. The van der Waals surface area contributed by atoms with Crippen molar-refractivity contribution >= 4 is 11.6 Å². The van der Waals surface area contributed by atoms with E-state index in [4.69, 9.17) is 0 Å². The van der Waals surface area contributed by atoms with E-state index in [1.54, 1.807) is 16.8 Å². The Morgan fingerprint density at radius 2 is 1.92 bits per heavy atom. The first kappa shape index (κ1) is 17.3. The fraction of sp³-hybridized carbons (Fsp3) is 0.474. The number of amides is 1. The van der Waals surface area contributed by atoms with E-state index in [-0.39, 0.29) is 11.7 Å². The van der Waals surface area contributed by atoms with E-state index >= 15 is 0 Å². The zero-order valence-electron chi connectivity index (χ0n) is 15.1. The minimum Gasteiger partial charge on any atom is -0.508 e. The average Bonchev–Trinajstić information content (AvgIpc) is 2.94. The Kier molecular flexibility index (Phi) is 4.97. The molecule has 6 heteroatoms. The SMILES string of the molecule is CC(C)Cc1cc(C(=O)N2CCN(c3cccc(O)c3)CC2)n(C)n1. The van der Waals surface area contributed by atoms with Gasteiger partial charge in [-0.3, -0.25) is 9.48 Å². The van der Waals surface area contributed by atoms with Crippen LogP contribution in [0.3, 0.4) is 0 Å². The van der Waals surface area contributed by atoms with Crippen molar-refractivity contribution in [1.29, 1.82) is 0 Å². The summed E-state index contributed by atoms with van der Waals surface area (Å²) in [7, 11) is 1.83. The molecule has 1 aliphatic heterocycles. The van der Waals surface area contributed by atoms with Gasteiger partial charge in [-0.25, -0.2) is 0 Å².